The number of nitrogens with zero attached hydrogens (tertiary/aromatic N) is 1. The Morgan fingerprint density at radius 1 is 1.16 bits per heavy atom. The van der Waals surface area contributed by atoms with Crippen molar-refractivity contribution in [3.8, 4) is 5.75 Å². The zero-order valence-corrected chi connectivity index (χ0v) is 22.8. The van der Waals surface area contributed by atoms with Crippen molar-refractivity contribution in [1.82, 2.24) is 10.7 Å². The smallest absolute Gasteiger partial charge is 0.221 e. The molecular weight excluding hydrogens is 552 g/mol. The summed E-state index contributed by atoms with van der Waals surface area (Å²) in [6.45, 7) is -0.570. The van der Waals surface area contributed by atoms with E-state index in [0.29, 0.717) is 10.9 Å². The van der Waals surface area contributed by atoms with Crippen LogP contribution in [0.3, 0.4) is 0 Å². The van der Waals surface area contributed by atoms with Gasteiger partial charge >= 0.3 is 0 Å². The van der Waals surface area contributed by atoms with E-state index in [1.165, 1.54) is 21.6 Å². The Labute approximate surface area is 233 Å². The van der Waals surface area contributed by atoms with Crippen LogP contribution >= 0.6 is 33.8 Å². The van der Waals surface area contributed by atoms with Gasteiger partial charge in [-0.25, -0.2) is 0 Å². The molecule has 0 radical (unpaired) electrons. The number of nitrogens with one attached hydrogen (secondary N) is 3. The number of aliphatic hydroxyl groups excluding tert-OH is 4. The zero-order valence-electron chi connectivity index (χ0n) is 20.4. The summed E-state index contributed by atoms with van der Waals surface area (Å²) in [5.41, 5.74) is 4.43. The first-order valence-electron chi connectivity index (χ1n) is 11.5. The van der Waals surface area contributed by atoms with Crippen LogP contribution in [0.25, 0.3) is 0 Å². The highest BCUT2D eigenvalue weighted by Crippen LogP contribution is 2.33. The maximum atomic E-state index is 12.3. The standard InChI is InChI=1S/C24H30N4O7S3/c1-34-16-8-6-15(7-9-16)26-24(36)28-25-12-14-4-2-3-5-18(14)38-37-11-10-19(30)27-20-22(32)21(31)17(13-29)35-23(20)33/h2-9,12,17,20-23,29,31-33H,10-11,13H2,1H3,(H,27,30)(H2,26,28,36)/b25-12+/t17-,20-,21-,22-,23?/m1/s1. The van der Waals surface area contributed by atoms with Gasteiger partial charge in [0.15, 0.2) is 11.4 Å². The van der Waals surface area contributed by atoms with E-state index in [9.17, 15) is 20.1 Å². The van der Waals surface area contributed by atoms with Crippen molar-refractivity contribution >= 4 is 56.7 Å². The maximum Gasteiger partial charge on any atom is 0.221 e. The molecule has 5 atom stereocenters. The lowest BCUT2D eigenvalue weighted by Gasteiger charge is -2.40. The average Bonchev–Trinajstić information content (AvgIpc) is 2.92. The molecule has 1 heterocycles. The van der Waals surface area contributed by atoms with Crippen molar-refractivity contribution in [2.45, 2.75) is 42.0 Å². The van der Waals surface area contributed by atoms with E-state index in [-0.39, 0.29) is 6.42 Å². The monoisotopic (exact) mass is 582 g/mol. The van der Waals surface area contributed by atoms with Crippen molar-refractivity contribution in [2.24, 2.45) is 5.10 Å². The number of amides is 1. The van der Waals surface area contributed by atoms with E-state index < -0.39 is 43.2 Å². The molecule has 1 fully saturated rings. The second-order valence-electron chi connectivity index (χ2n) is 8.07. The summed E-state index contributed by atoms with van der Waals surface area (Å²) in [5.74, 6) is 0.766. The lowest BCUT2D eigenvalue weighted by molar-refractivity contribution is -0.253. The van der Waals surface area contributed by atoms with Gasteiger partial charge in [-0.15, -0.1) is 0 Å². The molecule has 11 nitrogen and oxygen atoms in total. The molecule has 1 aliphatic rings. The highest BCUT2D eigenvalue weighted by molar-refractivity contribution is 8.76. The number of hydrazone groups is 1. The molecule has 1 unspecified atom stereocenters. The number of ether oxygens (including phenoxy) is 2. The highest BCUT2D eigenvalue weighted by Gasteiger charge is 2.44. The summed E-state index contributed by atoms with van der Waals surface area (Å²) in [6.07, 6.45) is -3.82. The fourth-order valence-corrected chi connectivity index (χ4v) is 5.74. The third-order valence-corrected chi connectivity index (χ3v) is 8.05. The van der Waals surface area contributed by atoms with Crippen LogP contribution in [0.5, 0.6) is 5.75 Å². The first-order chi connectivity index (χ1) is 18.3. The van der Waals surface area contributed by atoms with Crippen LogP contribution in [0, 0.1) is 0 Å². The lowest BCUT2D eigenvalue weighted by atomic mass is 9.97. The minimum atomic E-state index is -1.55. The Bertz CT molecular complexity index is 1090. The van der Waals surface area contributed by atoms with Crippen LogP contribution in [0.4, 0.5) is 5.69 Å². The molecule has 1 amide bonds. The highest BCUT2D eigenvalue weighted by atomic mass is 33.1. The summed E-state index contributed by atoms with van der Waals surface area (Å²) in [7, 11) is 4.52. The van der Waals surface area contributed by atoms with Gasteiger partial charge in [-0.05, 0) is 42.5 Å². The normalized spacial score (nSPS) is 23.1. The predicted molar refractivity (Wildman–Crippen MR) is 151 cm³/mol. The molecule has 3 rings (SSSR count). The van der Waals surface area contributed by atoms with Crippen LogP contribution in [0.2, 0.25) is 0 Å². The number of aliphatic hydroxyl groups is 4. The van der Waals surface area contributed by atoms with E-state index in [1.807, 2.05) is 48.5 Å². The number of thiocarbonyl (C=S) groups is 1. The van der Waals surface area contributed by atoms with Gasteiger partial charge < -0.3 is 40.5 Å². The van der Waals surface area contributed by atoms with Crippen molar-refractivity contribution in [2.75, 3.05) is 24.8 Å². The first kappa shape index (κ1) is 30.1. The molecule has 14 heteroatoms. The van der Waals surface area contributed by atoms with Gasteiger partial charge in [-0.2, -0.15) is 5.10 Å². The van der Waals surface area contributed by atoms with Crippen molar-refractivity contribution in [3.63, 3.8) is 0 Å². The van der Waals surface area contributed by atoms with Gasteiger partial charge in [-0.1, -0.05) is 39.8 Å². The van der Waals surface area contributed by atoms with E-state index in [4.69, 9.17) is 26.8 Å². The molecule has 2 aromatic carbocycles. The van der Waals surface area contributed by atoms with E-state index >= 15 is 0 Å². The first-order valence-corrected chi connectivity index (χ1v) is 14.3. The molecule has 7 N–H and O–H groups in total. The Hall–Kier alpha value is -2.43. The molecule has 0 bridgehead atoms. The van der Waals surface area contributed by atoms with E-state index in [0.717, 1.165) is 21.9 Å². The fourth-order valence-electron chi connectivity index (χ4n) is 3.41. The van der Waals surface area contributed by atoms with Crippen molar-refractivity contribution in [1.29, 1.82) is 0 Å². The van der Waals surface area contributed by atoms with Gasteiger partial charge in [0, 0.05) is 28.3 Å². The number of hydrogen-bond donors (Lipinski definition) is 7. The largest absolute Gasteiger partial charge is 0.497 e. The second-order valence-corrected chi connectivity index (χ2v) is 10.9. The molecule has 2 aromatic rings. The van der Waals surface area contributed by atoms with Crippen molar-refractivity contribution in [3.05, 3.63) is 54.1 Å². The quantitative estimate of drug-likeness (QED) is 0.0664. The van der Waals surface area contributed by atoms with Crippen molar-refractivity contribution < 1.29 is 34.7 Å². The summed E-state index contributed by atoms with van der Waals surface area (Å²) in [5, 5.41) is 49.3. The molecule has 0 saturated carbocycles. The second kappa shape index (κ2) is 15.2. The summed E-state index contributed by atoms with van der Waals surface area (Å²) in [6, 6.07) is 13.7. The van der Waals surface area contributed by atoms with Crippen LogP contribution in [-0.2, 0) is 9.53 Å². The SMILES string of the molecule is COc1ccc(NC(=S)N/N=C/c2ccccc2SSCCC(=O)N[C@H]2C(O)O[C@H](CO)[C@@H](O)[C@@H]2O)cc1. The minimum absolute atomic E-state index is 0.107. The van der Waals surface area contributed by atoms with Crippen LogP contribution < -0.4 is 20.8 Å². The zero-order chi connectivity index (χ0) is 27.5. The van der Waals surface area contributed by atoms with Crippen LogP contribution in [0.1, 0.15) is 12.0 Å². The molecule has 1 aliphatic heterocycles. The average molecular weight is 583 g/mol. The topological polar surface area (TPSA) is 165 Å². The van der Waals surface area contributed by atoms with Crippen LogP contribution in [-0.4, -0.2) is 87.8 Å². The Morgan fingerprint density at radius 3 is 2.61 bits per heavy atom. The molecule has 1 saturated heterocycles. The Morgan fingerprint density at radius 2 is 1.89 bits per heavy atom. The molecule has 0 spiro atoms. The summed E-state index contributed by atoms with van der Waals surface area (Å²) in [4.78, 5) is 13.2. The number of carbonyl (C=O) groups is 1. The van der Waals surface area contributed by atoms with E-state index in [2.05, 4.69) is 21.2 Å². The van der Waals surface area contributed by atoms with Gasteiger partial charge in [0.05, 0.1) is 19.9 Å². The number of anilines is 1. The minimum Gasteiger partial charge on any atom is -0.497 e. The third-order valence-electron chi connectivity index (χ3n) is 5.43. The fraction of sp³-hybridized carbons (Fsp3) is 0.375. The van der Waals surface area contributed by atoms with Gasteiger partial charge in [0.25, 0.3) is 0 Å². The molecule has 38 heavy (non-hydrogen) atoms. The Kier molecular flexibility index (Phi) is 12.1. The number of hydrogen-bond acceptors (Lipinski definition) is 11. The van der Waals surface area contributed by atoms with Gasteiger partial charge in [-0.3, -0.25) is 10.2 Å². The predicted octanol–water partition coefficient (Wildman–Crippen LogP) is 1.06. The summed E-state index contributed by atoms with van der Waals surface area (Å²) < 4.78 is 10.2. The number of benzene rings is 2. The summed E-state index contributed by atoms with van der Waals surface area (Å²) >= 11 is 5.27. The van der Waals surface area contributed by atoms with Gasteiger partial charge in [0.2, 0.25) is 5.91 Å². The van der Waals surface area contributed by atoms with Crippen LogP contribution in [0.15, 0.2) is 58.5 Å². The van der Waals surface area contributed by atoms with Gasteiger partial charge in [0.1, 0.15) is 30.1 Å². The number of methoxy groups -OCH3 is 1. The maximum absolute atomic E-state index is 12.3. The third kappa shape index (κ3) is 8.81. The number of carbonyl (C=O) groups excluding carboxylic acids is 1. The lowest BCUT2D eigenvalue weighted by Crippen LogP contribution is -2.64. The molecular formula is C24H30N4O7S3. The molecule has 0 aromatic heterocycles. The molecule has 206 valence electrons. The Balaban J connectivity index is 1.42. The molecule has 0 aliphatic carbocycles. The number of rotatable bonds is 11. The van der Waals surface area contributed by atoms with E-state index in [1.54, 1.807) is 13.3 Å².